The van der Waals surface area contributed by atoms with Gasteiger partial charge in [-0.25, -0.2) is 0 Å². The fourth-order valence-corrected chi connectivity index (χ4v) is 4.25. The molecule has 1 unspecified atom stereocenters. The fraction of sp³-hybridized carbons (Fsp3) is 0.667. The van der Waals surface area contributed by atoms with Gasteiger partial charge in [0.1, 0.15) is 6.04 Å². The number of amides is 1. The number of likely N-dealkylation sites (N-methyl/N-ethyl adjacent to an activating group) is 1. The Morgan fingerprint density at radius 1 is 1.14 bits per heavy atom. The number of hydrogen-bond donors (Lipinski definition) is 2. The highest BCUT2D eigenvalue weighted by atomic mass is 35.5. The lowest BCUT2D eigenvalue weighted by Crippen LogP contribution is -2.52. The normalized spacial score (nSPS) is 20.8. The van der Waals surface area contributed by atoms with Gasteiger partial charge in [-0.3, -0.25) is 9.69 Å². The van der Waals surface area contributed by atoms with Crippen LogP contribution in [0.5, 0.6) is 0 Å². The molecule has 0 aromatic heterocycles. The van der Waals surface area contributed by atoms with Gasteiger partial charge in [0.15, 0.2) is 0 Å². The molecule has 3 rings (SSSR count). The molecule has 0 bridgehead atoms. The van der Waals surface area contributed by atoms with Crippen molar-refractivity contribution in [2.45, 2.75) is 18.9 Å². The lowest BCUT2D eigenvalue weighted by atomic mass is 9.79. The molecule has 0 radical (unpaired) electrons. The Balaban J connectivity index is 0.00000210. The number of nitrogens with one attached hydrogen (secondary N) is 2. The van der Waals surface area contributed by atoms with Crippen molar-refractivity contribution in [3.05, 3.63) is 35.9 Å². The molecule has 0 aliphatic carbocycles. The van der Waals surface area contributed by atoms with Gasteiger partial charge >= 0.3 is 0 Å². The summed E-state index contributed by atoms with van der Waals surface area (Å²) in [6.07, 6.45) is 2.07. The van der Waals surface area contributed by atoms with E-state index in [1.807, 2.05) is 18.2 Å². The first-order valence-corrected chi connectivity index (χ1v) is 10.1. The number of piperazine rings is 1. The van der Waals surface area contributed by atoms with E-state index in [-0.39, 0.29) is 42.2 Å². The van der Waals surface area contributed by atoms with Crippen molar-refractivity contribution in [1.82, 2.24) is 20.4 Å². The summed E-state index contributed by atoms with van der Waals surface area (Å²) in [7, 11) is 3.89. The number of benzene rings is 1. The Hall–Kier alpha value is -0.890. The van der Waals surface area contributed by atoms with Crippen LogP contribution in [0.4, 0.5) is 0 Å². The molecule has 1 amide bonds. The van der Waals surface area contributed by atoms with Crippen LogP contribution in [-0.2, 0) is 9.53 Å². The van der Waals surface area contributed by atoms with E-state index < -0.39 is 0 Å². The zero-order valence-corrected chi connectivity index (χ0v) is 19.2. The van der Waals surface area contributed by atoms with Gasteiger partial charge in [-0.1, -0.05) is 30.3 Å². The lowest BCUT2D eigenvalue weighted by Gasteiger charge is -2.40. The van der Waals surface area contributed by atoms with Gasteiger partial charge in [-0.05, 0) is 38.5 Å². The molecule has 29 heavy (non-hydrogen) atoms. The predicted molar refractivity (Wildman–Crippen MR) is 122 cm³/mol. The summed E-state index contributed by atoms with van der Waals surface area (Å²) in [4.78, 5) is 17.9. The number of nitrogens with zero attached hydrogens (tertiary/aromatic N) is 2. The monoisotopic (exact) mass is 446 g/mol. The molecule has 2 saturated heterocycles. The maximum Gasteiger partial charge on any atom is 0.241 e. The van der Waals surface area contributed by atoms with Crippen molar-refractivity contribution in [3.63, 3.8) is 0 Å². The minimum absolute atomic E-state index is 0. The van der Waals surface area contributed by atoms with Crippen LogP contribution in [0, 0.1) is 5.41 Å². The van der Waals surface area contributed by atoms with Gasteiger partial charge in [0.05, 0.1) is 6.61 Å². The van der Waals surface area contributed by atoms with Crippen molar-refractivity contribution >= 4 is 30.7 Å². The second-order valence-electron chi connectivity index (χ2n) is 8.05. The second-order valence-corrected chi connectivity index (χ2v) is 8.05. The quantitative estimate of drug-likeness (QED) is 0.670. The summed E-state index contributed by atoms with van der Waals surface area (Å²) in [6, 6.07) is 9.96. The molecule has 2 fully saturated rings. The third-order valence-corrected chi connectivity index (χ3v) is 6.02. The van der Waals surface area contributed by atoms with Crippen molar-refractivity contribution < 1.29 is 9.53 Å². The number of rotatable bonds is 7. The Morgan fingerprint density at radius 3 is 2.34 bits per heavy atom. The topological polar surface area (TPSA) is 56.8 Å². The first-order chi connectivity index (χ1) is 13.1. The maximum absolute atomic E-state index is 13.3. The van der Waals surface area contributed by atoms with E-state index in [1.54, 1.807) is 7.11 Å². The van der Waals surface area contributed by atoms with Gasteiger partial charge in [-0.15, -0.1) is 24.8 Å². The van der Waals surface area contributed by atoms with E-state index in [4.69, 9.17) is 4.74 Å². The van der Waals surface area contributed by atoms with Crippen molar-refractivity contribution in [1.29, 1.82) is 0 Å². The number of halogens is 2. The maximum atomic E-state index is 13.3. The third-order valence-electron chi connectivity index (χ3n) is 6.02. The highest BCUT2D eigenvalue weighted by Gasteiger charge is 2.35. The van der Waals surface area contributed by atoms with E-state index in [0.717, 1.165) is 57.7 Å². The molecular formula is C21H36Cl2N4O2. The molecule has 166 valence electrons. The van der Waals surface area contributed by atoms with Crippen LogP contribution < -0.4 is 10.6 Å². The summed E-state index contributed by atoms with van der Waals surface area (Å²) in [5, 5.41) is 6.69. The molecule has 1 aromatic carbocycles. The fourth-order valence-electron chi connectivity index (χ4n) is 4.25. The van der Waals surface area contributed by atoms with Gasteiger partial charge in [0.25, 0.3) is 0 Å². The Labute approximate surface area is 187 Å². The number of carbonyl (C=O) groups excluding carboxylic acids is 1. The van der Waals surface area contributed by atoms with Crippen LogP contribution in [0.3, 0.4) is 0 Å². The van der Waals surface area contributed by atoms with Crippen LogP contribution in [0.25, 0.3) is 0 Å². The average Bonchev–Trinajstić information content (AvgIpc) is 2.70. The molecule has 2 N–H and O–H groups in total. The molecule has 0 saturated carbocycles. The summed E-state index contributed by atoms with van der Waals surface area (Å²) in [6.45, 7) is 7.16. The first kappa shape index (κ1) is 26.1. The summed E-state index contributed by atoms with van der Waals surface area (Å²) >= 11 is 0. The highest BCUT2D eigenvalue weighted by molar-refractivity contribution is 5.85. The molecule has 2 aliphatic rings. The summed E-state index contributed by atoms with van der Waals surface area (Å²) in [5.74, 6) is 0.111. The highest BCUT2D eigenvalue weighted by Crippen LogP contribution is 2.29. The number of methoxy groups -OCH3 is 1. The molecule has 6 nitrogen and oxygen atoms in total. The molecule has 1 atom stereocenters. The Kier molecular flexibility index (Phi) is 11.5. The SMILES string of the molecule is COCC1(CNC(=O)C(c2ccccc2)N2CCN(C)CC2)CCNCC1.Cl.Cl. The standard InChI is InChI=1S/C21H34N4O2.2ClH/c1-24-12-14-25(15-13-24)19(18-6-4-3-5-7-18)20(26)23-16-21(17-27-2)8-10-22-11-9-21;;/h3-7,19,22H,8-17H2,1-2H3,(H,23,26);2*1H. The first-order valence-electron chi connectivity index (χ1n) is 10.1. The minimum Gasteiger partial charge on any atom is -0.384 e. The van der Waals surface area contributed by atoms with Crippen molar-refractivity contribution in [3.8, 4) is 0 Å². The van der Waals surface area contributed by atoms with Crippen LogP contribution in [0.2, 0.25) is 0 Å². The molecule has 2 heterocycles. The van der Waals surface area contributed by atoms with E-state index in [9.17, 15) is 4.79 Å². The van der Waals surface area contributed by atoms with Crippen LogP contribution in [0.15, 0.2) is 30.3 Å². The molecule has 2 aliphatic heterocycles. The number of hydrogen-bond acceptors (Lipinski definition) is 5. The van der Waals surface area contributed by atoms with Gasteiger partial charge in [-0.2, -0.15) is 0 Å². The van der Waals surface area contributed by atoms with Crippen LogP contribution in [0.1, 0.15) is 24.4 Å². The zero-order chi connectivity index (χ0) is 19.1. The lowest BCUT2D eigenvalue weighted by molar-refractivity contribution is -0.128. The summed E-state index contributed by atoms with van der Waals surface area (Å²) in [5.41, 5.74) is 1.12. The zero-order valence-electron chi connectivity index (χ0n) is 17.6. The van der Waals surface area contributed by atoms with Gasteiger partial charge in [0, 0.05) is 45.2 Å². The number of ether oxygens (including phenoxy) is 1. The number of carbonyl (C=O) groups is 1. The van der Waals surface area contributed by atoms with E-state index >= 15 is 0 Å². The Morgan fingerprint density at radius 2 is 1.76 bits per heavy atom. The van der Waals surface area contributed by atoms with Gasteiger partial charge < -0.3 is 20.3 Å². The van der Waals surface area contributed by atoms with Crippen molar-refractivity contribution in [2.24, 2.45) is 5.41 Å². The van der Waals surface area contributed by atoms with E-state index in [2.05, 4.69) is 39.6 Å². The average molecular weight is 447 g/mol. The molecule has 0 spiro atoms. The van der Waals surface area contributed by atoms with Crippen LogP contribution >= 0.6 is 24.8 Å². The minimum atomic E-state index is -0.221. The molecule has 8 heteroatoms. The smallest absolute Gasteiger partial charge is 0.241 e. The van der Waals surface area contributed by atoms with E-state index in [0.29, 0.717) is 13.2 Å². The van der Waals surface area contributed by atoms with Gasteiger partial charge in [0.2, 0.25) is 5.91 Å². The number of piperidine rings is 1. The predicted octanol–water partition coefficient (Wildman–Crippen LogP) is 1.95. The largest absolute Gasteiger partial charge is 0.384 e. The van der Waals surface area contributed by atoms with E-state index in [1.165, 1.54) is 0 Å². The Bertz CT molecular complexity index is 586. The molecule has 1 aromatic rings. The second kappa shape index (κ2) is 12.7. The van der Waals surface area contributed by atoms with Crippen LogP contribution in [-0.4, -0.2) is 82.3 Å². The third kappa shape index (κ3) is 7.09. The molecular weight excluding hydrogens is 411 g/mol. The van der Waals surface area contributed by atoms with Crippen molar-refractivity contribution in [2.75, 3.05) is 66.6 Å². The summed E-state index contributed by atoms with van der Waals surface area (Å²) < 4.78 is 5.50.